The van der Waals surface area contributed by atoms with Gasteiger partial charge >= 0.3 is 0 Å². The summed E-state index contributed by atoms with van der Waals surface area (Å²) in [5.41, 5.74) is 1.56. The molecule has 3 rings (SSSR count). The molecule has 7 nitrogen and oxygen atoms in total. The molecule has 1 N–H and O–H groups in total. The number of anilines is 1. The number of para-hydroxylation sites is 1. The number of nitrogens with zero attached hydrogens (tertiary/aromatic N) is 2. The summed E-state index contributed by atoms with van der Waals surface area (Å²) in [7, 11) is -3.92. The summed E-state index contributed by atoms with van der Waals surface area (Å²) >= 11 is 18.9. The highest BCUT2D eigenvalue weighted by Gasteiger charge is 2.33. The third-order valence-electron chi connectivity index (χ3n) is 6.26. The van der Waals surface area contributed by atoms with E-state index < -0.39 is 28.5 Å². The second-order valence-corrected chi connectivity index (χ2v) is 12.5. The molecule has 0 heterocycles. The standard InChI is InChI=1S/C29H32Cl3N3O4S/c1-3-4-16-33-29(37)27(17-21-10-6-5-7-11-21)34(19-22-14-15-23(30)18-25(22)32)28(36)20-35(40(2,38)39)26-13-9-8-12-24(26)31/h5-15,18,27H,3-4,16-17,19-20H2,1-2H3,(H,33,37)/t27-/m1/s1. The fourth-order valence-corrected chi connectivity index (χ4v) is 5.76. The Morgan fingerprint density at radius 3 is 2.23 bits per heavy atom. The first-order valence-electron chi connectivity index (χ1n) is 12.8. The number of rotatable bonds is 13. The first kappa shape index (κ1) is 31.7. The van der Waals surface area contributed by atoms with Crippen LogP contribution in [0.4, 0.5) is 5.69 Å². The van der Waals surface area contributed by atoms with Crippen molar-refractivity contribution in [3.63, 3.8) is 0 Å². The summed E-state index contributed by atoms with van der Waals surface area (Å²) in [6.07, 6.45) is 2.87. The smallest absolute Gasteiger partial charge is 0.244 e. The van der Waals surface area contributed by atoms with E-state index in [0.717, 1.165) is 29.0 Å². The Kier molecular flexibility index (Phi) is 11.7. The number of unbranched alkanes of at least 4 members (excludes halogenated alkanes) is 1. The maximum Gasteiger partial charge on any atom is 0.244 e. The highest BCUT2D eigenvalue weighted by molar-refractivity contribution is 7.92. The average Bonchev–Trinajstić information content (AvgIpc) is 2.91. The summed E-state index contributed by atoms with van der Waals surface area (Å²) in [6, 6.07) is 19.6. The molecule has 0 spiro atoms. The van der Waals surface area contributed by atoms with E-state index in [4.69, 9.17) is 34.8 Å². The van der Waals surface area contributed by atoms with Gasteiger partial charge in [0.15, 0.2) is 0 Å². The van der Waals surface area contributed by atoms with Gasteiger partial charge in [-0.2, -0.15) is 0 Å². The molecule has 0 saturated heterocycles. The van der Waals surface area contributed by atoms with Gasteiger partial charge in [-0.1, -0.05) is 96.7 Å². The molecular weight excluding hydrogens is 593 g/mol. The van der Waals surface area contributed by atoms with Gasteiger partial charge in [-0.25, -0.2) is 8.42 Å². The van der Waals surface area contributed by atoms with Crippen LogP contribution in [-0.4, -0.2) is 50.5 Å². The highest BCUT2D eigenvalue weighted by atomic mass is 35.5. The van der Waals surface area contributed by atoms with Crippen LogP contribution in [0.1, 0.15) is 30.9 Å². The first-order valence-corrected chi connectivity index (χ1v) is 15.8. The lowest BCUT2D eigenvalue weighted by Crippen LogP contribution is -2.53. The third-order valence-corrected chi connectivity index (χ3v) is 8.29. The Bertz CT molecular complexity index is 1420. The monoisotopic (exact) mass is 623 g/mol. The summed E-state index contributed by atoms with van der Waals surface area (Å²) in [5, 5.41) is 3.85. The fourth-order valence-electron chi connectivity index (χ4n) is 4.14. The van der Waals surface area contributed by atoms with Gasteiger partial charge in [0.25, 0.3) is 0 Å². The third kappa shape index (κ3) is 8.86. The van der Waals surface area contributed by atoms with E-state index in [1.54, 1.807) is 36.4 Å². The van der Waals surface area contributed by atoms with E-state index >= 15 is 0 Å². The number of hydrogen-bond acceptors (Lipinski definition) is 4. The van der Waals surface area contributed by atoms with Gasteiger partial charge in [0.2, 0.25) is 21.8 Å². The second-order valence-electron chi connectivity index (χ2n) is 9.33. The van der Waals surface area contributed by atoms with Crippen molar-refractivity contribution in [2.75, 3.05) is 23.7 Å². The number of halogens is 3. The molecule has 0 radical (unpaired) electrons. The number of benzene rings is 3. The summed E-state index contributed by atoms with van der Waals surface area (Å²) in [5.74, 6) is -0.942. The molecule has 0 aliphatic rings. The van der Waals surface area contributed by atoms with Crippen LogP contribution in [-0.2, 0) is 32.6 Å². The predicted molar refractivity (Wildman–Crippen MR) is 163 cm³/mol. The number of hydrogen-bond donors (Lipinski definition) is 1. The molecule has 0 aromatic heterocycles. The highest BCUT2D eigenvalue weighted by Crippen LogP contribution is 2.28. The van der Waals surface area contributed by atoms with Crippen LogP contribution in [0.25, 0.3) is 0 Å². The number of nitrogens with one attached hydrogen (secondary N) is 1. The maximum absolute atomic E-state index is 14.1. The normalized spacial score (nSPS) is 12.0. The van der Waals surface area contributed by atoms with Crippen LogP contribution >= 0.6 is 34.8 Å². The molecule has 0 aliphatic carbocycles. The molecule has 3 aromatic carbocycles. The van der Waals surface area contributed by atoms with E-state index in [-0.39, 0.29) is 29.6 Å². The Morgan fingerprint density at radius 2 is 1.60 bits per heavy atom. The lowest BCUT2D eigenvalue weighted by Gasteiger charge is -2.34. The minimum Gasteiger partial charge on any atom is -0.354 e. The van der Waals surface area contributed by atoms with Crippen LogP contribution in [0, 0.1) is 0 Å². The van der Waals surface area contributed by atoms with Crippen molar-refractivity contribution >= 4 is 62.3 Å². The van der Waals surface area contributed by atoms with E-state index in [1.165, 1.54) is 11.0 Å². The van der Waals surface area contributed by atoms with E-state index in [9.17, 15) is 18.0 Å². The van der Waals surface area contributed by atoms with Gasteiger partial charge in [-0.15, -0.1) is 0 Å². The second kappa shape index (κ2) is 14.7. The summed E-state index contributed by atoms with van der Waals surface area (Å²) in [6.45, 7) is 1.84. The summed E-state index contributed by atoms with van der Waals surface area (Å²) in [4.78, 5) is 29.0. The lowest BCUT2D eigenvalue weighted by molar-refractivity contribution is -0.140. The lowest BCUT2D eigenvalue weighted by atomic mass is 10.0. The summed E-state index contributed by atoms with van der Waals surface area (Å²) < 4.78 is 26.6. The van der Waals surface area contributed by atoms with Gasteiger partial charge < -0.3 is 10.2 Å². The minimum absolute atomic E-state index is 0.0480. The SMILES string of the molecule is CCCCNC(=O)[C@@H](Cc1ccccc1)N(Cc1ccc(Cl)cc1Cl)C(=O)CN(c1ccccc1Cl)S(C)(=O)=O. The van der Waals surface area contributed by atoms with Crippen LogP contribution in [0.2, 0.25) is 15.1 Å². The molecule has 3 aromatic rings. The molecule has 40 heavy (non-hydrogen) atoms. The van der Waals surface area contributed by atoms with E-state index in [1.807, 2.05) is 37.3 Å². The predicted octanol–water partition coefficient (Wildman–Crippen LogP) is 5.97. The molecule has 0 fully saturated rings. The number of amides is 2. The Labute approximate surface area is 251 Å². The molecule has 11 heteroatoms. The Balaban J connectivity index is 2.07. The zero-order chi connectivity index (χ0) is 29.3. The number of carbonyl (C=O) groups excluding carboxylic acids is 2. The van der Waals surface area contributed by atoms with Crippen molar-refractivity contribution in [1.82, 2.24) is 10.2 Å². The van der Waals surface area contributed by atoms with Crippen LogP contribution < -0.4 is 9.62 Å². The Morgan fingerprint density at radius 1 is 0.925 bits per heavy atom. The molecule has 2 amide bonds. The molecular formula is C29H32Cl3N3O4S. The Hall–Kier alpha value is -2.78. The van der Waals surface area contributed by atoms with E-state index in [0.29, 0.717) is 22.2 Å². The minimum atomic E-state index is -3.92. The largest absolute Gasteiger partial charge is 0.354 e. The van der Waals surface area contributed by atoms with Gasteiger partial charge in [0, 0.05) is 29.6 Å². The number of carbonyl (C=O) groups is 2. The van der Waals surface area contributed by atoms with Gasteiger partial charge in [0.1, 0.15) is 12.6 Å². The topological polar surface area (TPSA) is 86.8 Å². The van der Waals surface area contributed by atoms with Crippen molar-refractivity contribution in [2.45, 2.75) is 38.8 Å². The first-order chi connectivity index (χ1) is 19.0. The zero-order valence-electron chi connectivity index (χ0n) is 22.3. The van der Waals surface area contributed by atoms with Crippen molar-refractivity contribution in [1.29, 1.82) is 0 Å². The molecule has 0 aliphatic heterocycles. The van der Waals surface area contributed by atoms with Crippen molar-refractivity contribution in [2.24, 2.45) is 0 Å². The average molecular weight is 625 g/mol. The maximum atomic E-state index is 14.1. The quantitative estimate of drug-likeness (QED) is 0.238. The van der Waals surface area contributed by atoms with Crippen LogP contribution in [0.15, 0.2) is 72.8 Å². The molecule has 214 valence electrons. The molecule has 1 atom stereocenters. The van der Waals surface area contributed by atoms with Crippen molar-refractivity contribution in [3.8, 4) is 0 Å². The van der Waals surface area contributed by atoms with Crippen molar-refractivity contribution in [3.05, 3.63) is 99.0 Å². The molecule has 0 unspecified atom stereocenters. The molecule has 0 saturated carbocycles. The van der Waals surface area contributed by atoms with Gasteiger partial charge in [-0.05, 0) is 41.8 Å². The van der Waals surface area contributed by atoms with Crippen LogP contribution in [0.5, 0.6) is 0 Å². The fraction of sp³-hybridized carbons (Fsp3) is 0.310. The van der Waals surface area contributed by atoms with Gasteiger partial charge in [-0.3, -0.25) is 13.9 Å². The van der Waals surface area contributed by atoms with Crippen molar-refractivity contribution < 1.29 is 18.0 Å². The van der Waals surface area contributed by atoms with Crippen LogP contribution in [0.3, 0.4) is 0 Å². The number of sulfonamides is 1. The van der Waals surface area contributed by atoms with E-state index in [2.05, 4.69) is 5.32 Å². The molecule has 0 bridgehead atoms. The van der Waals surface area contributed by atoms with Gasteiger partial charge in [0.05, 0.1) is 17.0 Å². The zero-order valence-corrected chi connectivity index (χ0v) is 25.4.